The van der Waals surface area contributed by atoms with E-state index in [1.54, 1.807) is 0 Å². The first-order chi connectivity index (χ1) is 28.8. The minimum atomic E-state index is 0.00958. The zero-order chi connectivity index (χ0) is 38.4. The van der Waals surface area contributed by atoms with Gasteiger partial charge in [-0.25, -0.2) is 0 Å². The Balaban J connectivity index is 1.03. The number of benzene rings is 9. The number of rotatable bonds is 8. The number of hydrogen-bond donors (Lipinski definition) is 0. The number of hydrogen-bond acceptors (Lipinski definition) is 1. The van der Waals surface area contributed by atoms with Crippen LogP contribution in [0.2, 0.25) is 0 Å². The van der Waals surface area contributed by atoms with Gasteiger partial charge in [0.1, 0.15) is 0 Å². The Morgan fingerprint density at radius 3 is 0.879 bits per heavy atom. The number of aromatic nitrogens is 2. The molecule has 0 aliphatic heterocycles. The summed E-state index contributed by atoms with van der Waals surface area (Å²) >= 11 is 0. The lowest BCUT2D eigenvalue weighted by Crippen LogP contribution is -2.52. The zero-order valence-electron chi connectivity index (χ0n) is 31.9. The first-order valence-electron chi connectivity index (χ1n) is 20.0. The second-order valence-electron chi connectivity index (χ2n) is 15.0. The average Bonchev–Trinajstić information content (AvgIpc) is 3.82. The maximum absolute atomic E-state index is 2.39. The number of nitrogens with zero attached hydrogens (tertiary/aromatic N) is 3. The predicted octanol–water partition coefficient (Wildman–Crippen LogP) is 11.9. The third kappa shape index (κ3) is 5.69. The van der Waals surface area contributed by atoms with Gasteiger partial charge in [-0.1, -0.05) is 162 Å². The summed E-state index contributed by atoms with van der Waals surface area (Å²) in [6, 6.07) is 83.6. The molecule has 272 valence electrons. The molecule has 11 aromatic rings. The van der Waals surface area contributed by atoms with E-state index in [9.17, 15) is 0 Å². The summed E-state index contributed by atoms with van der Waals surface area (Å²) in [7, 11) is 0. The third-order valence-electron chi connectivity index (χ3n) is 11.6. The Labute approximate surface area is 338 Å². The Kier molecular flexibility index (Phi) is 8.26. The third-order valence-corrected chi connectivity index (χ3v) is 11.6. The molecule has 2 heterocycles. The second-order valence-corrected chi connectivity index (χ2v) is 15.0. The number of anilines is 3. The van der Waals surface area contributed by atoms with Crippen molar-refractivity contribution in [1.82, 2.24) is 9.13 Å². The van der Waals surface area contributed by atoms with Crippen LogP contribution in [0.4, 0.5) is 17.1 Å². The molecule has 0 radical (unpaired) electrons. The van der Waals surface area contributed by atoms with E-state index < -0.39 is 0 Å². The molecule has 0 saturated heterocycles. The molecule has 9 aromatic carbocycles. The van der Waals surface area contributed by atoms with Gasteiger partial charge >= 0.3 is 0 Å². The van der Waals surface area contributed by atoms with Gasteiger partial charge in [0.2, 0.25) is 6.71 Å². The van der Waals surface area contributed by atoms with Crippen LogP contribution < -0.4 is 21.3 Å². The fourth-order valence-corrected chi connectivity index (χ4v) is 9.03. The highest BCUT2D eigenvalue weighted by Crippen LogP contribution is 2.35. The summed E-state index contributed by atoms with van der Waals surface area (Å²) in [6.45, 7) is 0.00958. The van der Waals surface area contributed by atoms with Crippen molar-refractivity contribution >= 4 is 83.8 Å². The summed E-state index contributed by atoms with van der Waals surface area (Å²) in [4.78, 5) is 2.32. The molecule has 0 amide bonds. The lowest BCUT2D eigenvalue weighted by atomic mass is 9.37. The van der Waals surface area contributed by atoms with Crippen LogP contribution >= 0.6 is 0 Å². The Morgan fingerprint density at radius 2 is 0.534 bits per heavy atom. The van der Waals surface area contributed by atoms with Gasteiger partial charge in [0.25, 0.3) is 0 Å². The molecule has 0 aliphatic carbocycles. The highest BCUT2D eigenvalue weighted by Gasteiger charge is 2.24. The van der Waals surface area contributed by atoms with Crippen molar-refractivity contribution in [2.45, 2.75) is 0 Å². The molecule has 0 fully saturated rings. The number of fused-ring (bicyclic) bond motifs is 6. The normalized spacial score (nSPS) is 11.4. The molecular formula is C54H38BN3. The van der Waals surface area contributed by atoms with Crippen molar-refractivity contribution in [2.75, 3.05) is 4.90 Å². The molecule has 4 heteroatoms. The van der Waals surface area contributed by atoms with E-state index >= 15 is 0 Å². The SMILES string of the molecule is c1ccc(N(c2ccccc2)c2ccc(B(c3ccc(-n4c5ccccc5c5ccccc54)cc3)c3ccc(-n4c5ccccc5c5ccccc54)cc3)cc2)cc1. The van der Waals surface area contributed by atoms with Gasteiger partial charge in [-0.2, -0.15) is 0 Å². The van der Waals surface area contributed by atoms with Crippen molar-refractivity contribution in [3.8, 4) is 11.4 Å². The van der Waals surface area contributed by atoms with Gasteiger partial charge in [0.05, 0.1) is 22.1 Å². The van der Waals surface area contributed by atoms with Crippen LogP contribution in [0.15, 0.2) is 231 Å². The molecule has 0 N–H and O–H groups in total. The van der Waals surface area contributed by atoms with Crippen LogP contribution in [-0.2, 0) is 0 Å². The topological polar surface area (TPSA) is 13.1 Å². The van der Waals surface area contributed by atoms with Gasteiger partial charge in [-0.15, -0.1) is 0 Å². The fraction of sp³-hybridized carbons (Fsp3) is 0. The van der Waals surface area contributed by atoms with Gasteiger partial charge in [0.15, 0.2) is 0 Å². The van der Waals surface area contributed by atoms with Crippen molar-refractivity contribution in [1.29, 1.82) is 0 Å². The predicted molar refractivity (Wildman–Crippen MR) is 247 cm³/mol. The van der Waals surface area contributed by atoms with Crippen molar-refractivity contribution in [3.05, 3.63) is 231 Å². The van der Waals surface area contributed by atoms with Crippen molar-refractivity contribution in [3.63, 3.8) is 0 Å². The molecule has 0 saturated carbocycles. The van der Waals surface area contributed by atoms with E-state index in [0.29, 0.717) is 0 Å². The largest absolute Gasteiger partial charge is 0.311 e. The Bertz CT molecular complexity index is 2900. The summed E-state index contributed by atoms with van der Waals surface area (Å²) in [5, 5.41) is 5.07. The maximum Gasteiger partial charge on any atom is 0.241 e. The minimum Gasteiger partial charge on any atom is -0.311 e. The van der Waals surface area contributed by atoms with Crippen LogP contribution in [0.5, 0.6) is 0 Å². The number of para-hydroxylation sites is 6. The van der Waals surface area contributed by atoms with E-state index in [0.717, 1.165) is 28.4 Å². The molecule has 0 bridgehead atoms. The van der Waals surface area contributed by atoms with E-state index in [-0.39, 0.29) is 6.71 Å². The highest BCUT2D eigenvalue weighted by atomic mass is 15.1. The molecule has 0 spiro atoms. The summed E-state index contributed by atoms with van der Waals surface area (Å²) in [5.74, 6) is 0. The highest BCUT2D eigenvalue weighted by molar-refractivity contribution is 6.95. The fourth-order valence-electron chi connectivity index (χ4n) is 9.03. The Hall–Kier alpha value is -7.56. The zero-order valence-corrected chi connectivity index (χ0v) is 31.9. The van der Waals surface area contributed by atoms with E-state index in [1.165, 1.54) is 60.0 Å². The molecule has 2 aromatic heterocycles. The first-order valence-corrected chi connectivity index (χ1v) is 20.0. The molecule has 0 unspecified atom stereocenters. The van der Waals surface area contributed by atoms with Crippen molar-refractivity contribution < 1.29 is 0 Å². The molecule has 0 atom stereocenters. The summed E-state index contributed by atoms with van der Waals surface area (Å²) < 4.78 is 4.78. The summed E-state index contributed by atoms with van der Waals surface area (Å²) in [6.07, 6.45) is 0. The van der Waals surface area contributed by atoms with Crippen LogP contribution in [0.25, 0.3) is 55.0 Å². The first kappa shape index (κ1) is 33.8. The van der Waals surface area contributed by atoms with Crippen LogP contribution in [0.3, 0.4) is 0 Å². The smallest absolute Gasteiger partial charge is 0.241 e. The van der Waals surface area contributed by atoms with Crippen LogP contribution in [0, 0.1) is 0 Å². The molecule has 0 aliphatic rings. The Morgan fingerprint density at radius 1 is 0.259 bits per heavy atom. The average molecular weight is 740 g/mol. The minimum absolute atomic E-state index is 0.00958. The van der Waals surface area contributed by atoms with Gasteiger partial charge in [-0.05, 0) is 84.9 Å². The second kappa shape index (κ2) is 14.2. The quantitative estimate of drug-likeness (QED) is 0.141. The monoisotopic (exact) mass is 739 g/mol. The lowest BCUT2D eigenvalue weighted by molar-refractivity contribution is 1.18. The lowest BCUT2D eigenvalue weighted by Gasteiger charge is -2.26. The van der Waals surface area contributed by atoms with E-state index in [2.05, 4.69) is 245 Å². The van der Waals surface area contributed by atoms with Crippen LogP contribution in [0.1, 0.15) is 0 Å². The molecule has 3 nitrogen and oxygen atoms in total. The van der Waals surface area contributed by atoms with Crippen LogP contribution in [-0.4, -0.2) is 15.8 Å². The van der Waals surface area contributed by atoms with Crippen molar-refractivity contribution in [2.24, 2.45) is 0 Å². The standard InChI is InChI=1S/C54H38BN3/c1-3-15-42(16-4-1)56(43-17-5-2-6-18-43)44-33-27-39(28-34-44)55(40-29-35-45(36-30-40)57-51-23-11-7-19-47(51)48-20-8-12-24-52(48)57)41-31-37-46(38-32-41)58-53-25-13-9-21-49(53)50-22-10-14-26-54(50)58/h1-38H. The maximum atomic E-state index is 2.39. The molecular weight excluding hydrogens is 701 g/mol. The van der Waals surface area contributed by atoms with E-state index in [1.807, 2.05) is 0 Å². The van der Waals surface area contributed by atoms with Gasteiger partial charge < -0.3 is 14.0 Å². The summed E-state index contributed by atoms with van der Waals surface area (Å²) in [5.41, 5.74) is 14.2. The van der Waals surface area contributed by atoms with Gasteiger partial charge in [0, 0.05) is 50.0 Å². The van der Waals surface area contributed by atoms with E-state index in [4.69, 9.17) is 0 Å². The molecule has 58 heavy (non-hydrogen) atoms. The van der Waals surface area contributed by atoms with Gasteiger partial charge in [-0.3, -0.25) is 0 Å². The molecule has 11 rings (SSSR count).